The van der Waals surface area contributed by atoms with Crippen molar-refractivity contribution in [2.24, 2.45) is 0 Å². The first kappa shape index (κ1) is 19.7. The highest BCUT2D eigenvalue weighted by atomic mass is 32.1. The van der Waals surface area contributed by atoms with Crippen molar-refractivity contribution in [3.63, 3.8) is 0 Å². The Morgan fingerprint density at radius 2 is 1.76 bits per heavy atom. The quantitative estimate of drug-likeness (QED) is 0.642. The van der Waals surface area contributed by atoms with Crippen LogP contribution in [0.4, 0.5) is 18.3 Å². The van der Waals surface area contributed by atoms with Crippen molar-refractivity contribution < 1.29 is 13.2 Å². The van der Waals surface area contributed by atoms with Crippen LogP contribution in [0.15, 0.2) is 36.7 Å². The van der Waals surface area contributed by atoms with Crippen molar-refractivity contribution in [3.8, 4) is 11.4 Å². The summed E-state index contributed by atoms with van der Waals surface area (Å²) in [5, 5.41) is 6.38. The van der Waals surface area contributed by atoms with Gasteiger partial charge < -0.3 is 4.90 Å². The molecule has 3 aromatic rings. The predicted octanol–water partition coefficient (Wildman–Crippen LogP) is 3.64. The molecular weight excluding hydrogens is 401 g/mol. The first-order chi connectivity index (χ1) is 13.9. The van der Waals surface area contributed by atoms with E-state index in [1.807, 2.05) is 48.5 Å². The summed E-state index contributed by atoms with van der Waals surface area (Å²) in [6, 6.07) is 8.05. The lowest BCUT2D eigenvalue weighted by atomic mass is 10.1. The number of hydrogen-bond acceptors (Lipinski definition) is 7. The second-order valence-electron chi connectivity index (χ2n) is 6.94. The van der Waals surface area contributed by atoms with Crippen LogP contribution in [0, 0.1) is 6.92 Å². The maximum atomic E-state index is 12.7. The number of halogens is 3. The SMILES string of the molecule is Cc1cccc(-c2ncc(CN3CCN(c4nnc(C(F)(F)F)s4)CC3)cn2)c1. The first-order valence-corrected chi connectivity index (χ1v) is 9.96. The molecule has 1 aliphatic rings. The average molecular weight is 420 g/mol. The van der Waals surface area contributed by atoms with Gasteiger partial charge in [-0.2, -0.15) is 13.2 Å². The van der Waals surface area contributed by atoms with Crippen molar-refractivity contribution >= 4 is 16.5 Å². The number of alkyl halides is 3. The van der Waals surface area contributed by atoms with Crippen LogP contribution >= 0.6 is 11.3 Å². The number of benzene rings is 1. The number of hydrogen-bond donors (Lipinski definition) is 0. The summed E-state index contributed by atoms with van der Waals surface area (Å²) in [5.41, 5.74) is 3.15. The Balaban J connectivity index is 1.33. The molecule has 0 bridgehead atoms. The molecule has 1 aromatic carbocycles. The van der Waals surface area contributed by atoms with Crippen molar-refractivity contribution in [1.29, 1.82) is 0 Å². The third kappa shape index (κ3) is 4.70. The summed E-state index contributed by atoms with van der Waals surface area (Å²) in [5.74, 6) is 0.694. The van der Waals surface area contributed by atoms with Crippen LogP contribution in [-0.2, 0) is 12.7 Å². The monoisotopic (exact) mass is 420 g/mol. The largest absolute Gasteiger partial charge is 0.445 e. The summed E-state index contributed by atoms with van der Waals surface area (Å²) in [7, 11) is 0. The lowest BCUT2D eigenvalue weighted by Gasteiger charge is -2.34. The van der Waals surface area contributed by atoms with E-state index >= 15 is 0 Å². The number of aryl methyl sites for hydroxylation is 1. The summed E-state index contributed by atoms with van der Waals surface area (Å²) in [6.07, 6.45) is -0.781. The maximum Gasteiger partial charge on any atom is 0.445 e. The Morgan fingerprint density at radius 1 is 1.03 bits per heavy atom. The van der Waals surface area contributed by atoms with Crippen LogP contribution in [0.5, 0.6) is 0 Å². The molecule has 0 spiro atoms. The molecule has 0 aliphatic carbocycles. The zero-order valence-electron chi connectivity index (χ0n) is 15.7. The van der Waals surface area contributed by atoms with E-state index in [1.54, 1.807) is 0 Å². The minimum absolute atomic E-state index is 0.322. The number of rotatable bonds is 4. The van der Waals surface area contributed by atoms with Gasteiger partial charge in [-0.1, -0.05) is 35.1 Å². The molecule has 0 N–H and O–H groups in total. The Hall–Kier alpha value is -2.59. The highest BCUT2D eigenvalue weighted by molar-refractivity contribution is 7.15. The molecule has 0 unspecified atom stereocenters. The zero-order valence-corrected chi connectivity index (χ0v) is 16.5. The first-order valence-electron chi connectivity index (χ1n) is 9.14. The minimum Gasteiger partial charge on any atom is -0.344 e. The summed E-state index contributed by atoms with van der Waals surface area (Å²) >= 11 is 0.592. The molecule has 10 heteroatoms. The fraction of sp³-hybridized carbons (Fsp3) is 0.368. The molecule has 1 saturated heterocycles. The molecule has 2 aromatic heterocycles. The van der Waals surface area contributed by atoms with Gasteiger partial charge in [0.2, 0.25) is 10.1 Å². The molecule has 0 amide bonds. The van der Waals surface area contributed by atoms with Gasteiger partial charge in [-0.25, -0.2) is 9.97 Å². The fourth-order valence-electron chi connectivity index (χ4n) is 3.18. The van der Waals surface area contributed by atoms with E-state index in [0.29, 0.717) is 41.9 Å². The summed E-state index contributed by atoms with van der Waals surface area (Å²) in [4.78, 5) is 13.0. The third-order valence-electron chi connectivity index (χ3n) is 4.69. The van der Waals surface area contributed by atoms with Crippen LogP contribution in [0.2, 0.25) is 0 Å². The van der Waals surface area contributed by atoms with E-state index < -0.39 is 11.2 Å². The minimum atomic E-state index is -4.44. The molecule has 1 fully saturated rings. The van der Waals surface area contributed by atoms with Crippen molar-refractivity contribution in [2.75, 3.05) is 31.1 Å². The average Bonchev–Trinajstić information content (AvgIpc) is 3.20. The van der Waals surface area contributed by atoms with Gasteiger partial charge >= 0.3 is 6.18 Å². The topological polar surface area (TPSA) is 58.0 Å². The Labute approximate surface area is 170 Å². The lowest BCUT2D eigenvalue weighted by Crippen LogP contribution is -2.46. The fourth-order valence-corrected chi connectivity index (χ4v) is 3.95. The molecule has 29 heavy (non-hydrogen) atoms. The normalized spacial score (nSPS) is 15.7. The lowest BCUT2D eigenvalue weighted by molar-refractivity contribution is -0.138. The molecule has 3 heterocycles. The van der Waals surface area contributed by atoms with E-state index in [1.165, 1.54) is 0 Å². The number of anilines is 1. The highest BCUT2D eigenvalue weighted by Gasteiger charge is 2.36. The molecule has 0 atom stereocenters. The van der Waals surface area contributed by atoms with Crippen LogP contribution < -0.4 is 4.90 Å². The van der Waals surface area contributed by atoms with Gasteiger partial charge in [0.1, 0.15) is 0 Å². The Morgan fingerprint density at radius 3 is 2.38 bits per heavy atom. The number of aromatic nitrogens is 4. The Kier molecular flexibility index (Phi) is 5.46. The van der Waals surface area contributed by atoms with Gasteiger partial charge in [0.15, 0.2) is 5.82 Å². The molecule has 6 nitrogen and oxygen atoms in total. The Bertz CT molecular complexity index is 965. The summed E-state index contributed by atoms with van der Waals surface area (Å²) in [6.45, 7) is 5.39. The van der Waals surface area contributed by atoms with Crippen molar-refractivity contribution in [2.45, 2.75) is 19.6 Å². The standard InChI is InChI=1S/C19H19F3N6S/c1-13-3-2-4-15(9-13)16-23-10-14(11-24-16)12-27-5-7-28(8-6-27)18-26-25-17(29-18)19(20,21)22/h2-4,9-11H,5-8,12H2,1H3. The van der Waals surface area contributed by atoms with E-state index in [9.17, 15) is 13.2 Å². The van der Waals surface area contributed by atoms with E-state index in [-0.39, 0.29) is 0 Å². The van der Waals surface area contributed by atoms with Crippen LogP contribution in [-0.4, -0.2) is 51.2 Å². The smallest absolute Gasteiger partial charge is 0.344 e. The molecule has 0 radical (unpaired) electrons. The van der Waals surface area contributed by atoms with E-state index in [2.05, 4.69) is 25.1 Å². The second kappa shape index (κ2) is 8.03. The predicted molar refractivity (Wildman–Crippen MR) is 105 cm³/mol. The zero-order chi connectivity index (χ0) is 20.4. The number of nitrogens with zero attached hydrogens (tertiary/aromatic N) is 6. The van der Waals surface area contributed by atoms with Crippen molar-refractivity contribution in [3.05, 3.63) is 52.8 Å². The molecule has 1 aliphatic heterocycles. The maximum absolute atomic E-state index is 12.7. The van der Waals surface area contributed by atoms with Crippen molar-refractivity contribution in [1.82, 2.24) is 25.1 Å². The van der Waals surface area contributed by atoms with Crippen LogP contribution in [0.3, 0.4) is 0 Å². The van der Waals surface area contributed by atoms with Gasteiger partial charge in [-0.15, -0.1) is 10.2 Å². The van der Waals surface area contributed by atoms with Gasteiger partial charge in [-0.05, 0) is 13.0 Å². The van der Waals surface area contributed by atoms with Crippen LogP contribution in [0.1, 0.15) is 16.1 Å². The molecule has 4 rings (SSSR count). The third-order valence-corrected chi connectivity index (χ3v) is 5.72. The van der Waals surface area contributed by atoms with E-state index in [0.717, 1.165) is 29.8 Å². The van der Waals surface area contributed by atoms with Gasteiger partial charge in [0.05, 0.1) is 0 Å². The van der Waals surface area contributed by atoms with Gasteiger partial charge in [-0.3, -0.25) is 4.90 Å². The van der Waals surface area contributed by atoms with Gasteiger partial charge in [0.25, 0.3) is 0 Å². The second-order valence-corrected chi connectivity index (χ2v) is 7.89. The van der Waals surface area contributed by atoms with Crippen LogP contribution in [0.25, 0.3) is 11.4 Å². The highest BCUT2D eigenvalue weighted by Crippen LogP contribution is 2.34. The molecule has 0 saturated carbocycles. The summed E-state index contributed by atoms with van der Waals surface area (Å²) < 4.78 is 38.1. The molecular formula is C19H19F3N6S. The van der Waals surface area contributed by atoms with Gasteiger partial charge in [0, 0.05) is 56.2 Å². The molecule has 152 valence electrons. The van der Waals surface area contributed by atoms with E-state index in [4.69, 9.17) is 0 Å². The number of piperazine rings is 1.